The Labute approximate surface area is 169 Å². The third-order valence-corrected chi connectivity index (χ3v) is 5.44. The minimum atomic E-state index is -0.437. The Morgan fingerprint density at radius 3 is 2.54 bits per heavy atom. The van der Waals surface area contributed by atoms with Crippen LogP contribution in [0.1, 0.15) is 19.3 Å². The van der Waals surface area contributed by atoms with E-state index in [1.165, 1.54) is 0 Å². The number of morpholine rings is 1. The van der Waals surface area contributed by atoms with Gasteiger partial charge < -0.3 is 30.7 Å². The second-order valence-electron chi connectivity index (χ2n) is 7.06. The van der Waals surface area contributed by atoms with Gasteiger partial charge >= 0.3 is 6.03 Å². The Morgan fingerprint density at radius 1 is 1.18 bits per heavy atom. The van der Waals surface area contributed by atoms with Crippen molar-refractivity contribution in [2.75, 3.05) is 49.7 Å². The van der Waals surface area contributed by atoms with Gasteiger partial charge in [0.15, 0.2) is 0 Å². The van der Waals surface area contributed by atoms with Crippen molar-refractivity contribution in [2.24, 2.45) is 11.7 Å². The minimum absolute atomic E-state index is 0.101. The molecule has 0 unspecified atom stereocenters. The van der Waals surface area contributed by atoms with Crippen LogP contribution < -0.4 is 21.3 Å². The highest BCUT2D eigenvalue weighted by Gasteiger charge is 2.27. The summed E-state index contributed by atoms with van der Waals surface area (Å²) < 4.78 is 10.8. The predicted molar refractivity (Wildman–Crippen MR) is 108 cm³/mol. The minimum Gasteiger partial charge on any atom is -0.381 e. The molecule has 1 aromatic carbocycles. The van der Waals surface area contributed by atoms with Gasteiger partial charge in [-0.25, -0.2) is 4.79 Å². The number of carbonyl (C=O) groups is 2. The van der Waals surface area contributed by atoms with Crippen LogP contribution in [-0.4, -0.2) is 57.5 Å². The number of carbonyl (C=O) groups excluding carboxylic acids is 2. The maximum absolute atomic E-state index is 12.7. The van der Waals surface area contributed by atoms with Gasteiger partial charge in [-0.15, -0.1) is 0 Å². The van der Waals surface area contributed by atoms with Crippen molar-refractivity contribution >= 4 is 34.9 Å². The van der Waals surface area contributed by atoms with Gasteiger partial charge in [0.25, 0.3) is 0 Å². The van der Waals surface area contributed by atoms with E-state index in [0.29, 0.717) is 50.2 Å². The number of hydrogen-bond acceptors (Lipinski definition) is 5. The number of nitrogens with one attached hydrogen (secondary N) is 2. The maximum Gasteiger partial charge on any atom is 0.319 e. The van der Waals surface area contributed by atoms with Crippen LogP contribution in [-0.2, 0) is 14.3 Å². The third kappa shape index (κ3) is 5.50. The third-order valence-electron chi connectivity index (χ3n) is 5.13. The smallest absolute Gasteiger partial charge is 0.319 e. The zero-order chi connectivity index (χ0) is 19.9. The first kappa shape index (κ1) is 20.7. The van der Waals surface area contributed by atoms with Gasteiger partial charge in [0.1, 0.15) is 0 Å². The van der Waals surface area contributed by atoms with Crippen LogP contribution in [0, 0.1) is 5.92 Å². The molecular weight excluding hydrogens is 384 g/mol. The van der Waals surface area contributed by atoms with Crippen molar-refractivity contribution in [1.29, 1.82) is 0 Å². The normalized spacial score (nSPS) is 19.1. The van der Waals surface area contributed by atoms with Crippen LogP contribution in [0.4, 0.5) is 16.2 Å². The lowest BCUT2D eigenvalue weighted by Crippen LogP contribution is -2.46. The Kier molecular flexibility index (Phi) is 7.36. The Bertz CT molecular complexity index is 691. The van der Waals surface area contributed by atoms with E-state index >= 15 is 0 Å². The van der Waals surface area contributed by atoms with E-state index in [9.17, 15) is 9.59 Å². The molecule has 2 heterocycles. The fraction of sp³-hybridized carbons (Fsp3) is 0.579. The van der Waals surface area contributed by atoms with E-state index < -0.39 is 5.91 Å². The monoisotopic (exact) mass is 410 g/mol. The molecule has 154 valence electrons. The van der Waals surface area contributed by atoms with Crippen LogP contribution in [0.2, 0.25) is 5.02 Å². The molecule has 1 aromatic rings. The Balaban J connectivity index is 1.70. The number of nitrogens with two attached hydrogens (primary N) is 1. The van der Waals surface area contributed by atoms with Crippen LogP contribution in [0.25, 0.3) is 0 Å². The van der Waals surface area contributed by atoms with E-state index in [1.54, 1.807) is 12.1 Å². The summed E-state index contributed by atoms with van der Waals surface area (Å²) in [6.45, 7) is 3.87. The average Bonchev–Trinajstić information content (AvgIpc) is 2.68. The standard InChI is InChI=1S/C19H27ClN4O4/c20-14-2-1-3-15(18(14)24-6-10-28-11-7-24)22-19(26)23-16(12-17(21)25)13-4-8-27-9-5-13/h1-3,13,16H,4-12H2,(H2,21,25)(H2,22,23,26)/t16-/m1/s1. The number of urea groups is 1. The first-order chi connectivity index (χ1) is 13.5. The number of rotatable bonds is 6. The number of nitrogens with zero attached hydrogens (tertiary/aromatic N) is 1. The molecule has 9 heteroatoms. The summed E-state index contributed by atoms with van der Waals surface area (Å²) >= 11 is 6.41. The lowest BCUT2D eigenvalue weighted by molar-refractivity contribution is -0.118. The van der Waals surface area contributed by atoms with Crippen LogP contribution in [0.15, 0.2) is 18.2 Å². The SMILES string of the molecule is NC(=O)C[C@@H](NC(=O)Nc1cccc(Cl)c1N1CCOCC1)C1CCOCC1. The zero-order valence-electron chi connectivity index (χ0n) is 15.8. The van der Waals surface area contributed by atoms with Crippen molar-refractivity contribution in [3.05, 3.63) is 23.2 Å². The molecule has 8 nitrogen and oxygen atoms in total. The summed E-state index contributed by atoms with van der Waals surface area (Å²) in [7, 11) is 0. The number of anilines is 2. The molecule has 2 fully saturated rings. The quantitative estimate of drug-likeness (QED) is 0.664. The summed E-state index contributed by atoms with van der Waals surface area (Å²) in [5.74, 6) is -0.279. The summed E-state index contributed by atoms with van der Waals surface area (Å²) in [5, 5.41) is 6.38. The fourth-order valence-electron chi connectivity index (χ4n) is 3.72. The van der Waals surface area contributed by atoms with E-state index in [0.717, 1.165) is 18.5 Å². The molecule has 0 saturated carbocycles. The largest absolute Gasteiger partial charge is 0.381 e. The Morgan fingerprint density at radius 2 is 1.86 bits per heavy atom. The van der Waals surface area contributed by atoms with Crippen LogP contribution in [0.5, 0.6) is 0 Å². The first-order valence-electron chi connectivity index (χ1n) is 9.59. The van der Waals surface area contributed by atoms with Crippen molar-refractivity contribution in [3.8, 4) is 0 Å². The van der Waals surface area contributed by atoms with Gasteiger partial charge in [-0.05, 0) is 30.9 Å². The summed E-state index contributed by atoms with van der Waals surface area (Å²) in [6, 6.07) is 4.70. The number of ether oxygens (including phenoxy) is 2. The molecule has 1 atom stereocenters. The van der Waals surface area contributed by atoms with Crippen molar-refractivity contribution in [3.63, 3.8) is 0 Å². The molecule has 28 heavy (non-hydrogen) atoms. The van der Waals surface area contributed by atoms with E-state index in [2.05, 4.69) is 15.5 Å². The second kappa shape index (κ2) is 9.95. The molecule has 0 bridgehead atoms. The molecule has 2 saturated heterocycles. The van der Waals surface area contributed by atoms with Gasteiger partial charge in [0.05, 0.1) is 29.6 Å². The van der Waals surface area contributed by atoms with Gasteiger partial charge in [-0.1, -0.05) is 17.7 Å². The number of para-hydroxylation sites is 1. The highest BCUT2D eigenvalue weighted by Crippen LogP contribution is 2.34. The lowest BCUT2D eigenvalue weighted by Gasteiger charge is -2.32. The van der Waals surface area contributed by atoms with E-state index in [1.807, 2.05) is 6.07 Å². The highest BCUT2D eigenvalue weighted by atomic mass is 35.5. The molecule has 4 N–H and O–H groups in total. The maximum atomic E-state index is 12.7. The van der Waals surface area contributed by atoms with Gasteiger partial charge in [0.2, 0.25) is 5.91 Å². The number of primary amides is 1. The number of benzene rings is 1. The van der Waals surface area contributed by atoms with Crippen molar-refractivity contribution in [1.82, 2.24) is 5.32 Å². The molecule has 0 aliphatic carbocycles. The molecule has 2 aliphatic heterocycles. The molecule has 3 rings (SSSR count). The highest BCUT2D eigenvalue weighted by molar-refractivity contribution is 6.34. The summed E-state index contributed by atoms with van der Waals surface area (Å²) in [4.78, 5) is 26.3. The second-order valence-corrected chi connectivity index (χ2v) is 7.47. The van der Waals surface area contributed by atoms with E-state index in [4.69, 9.17) is 26.8 Å². The lowest BCUT2D eigenvalue weighted by atomic mass is 9.89. The summed E-state index contributed by atoms with van der Waals surface area (Å²) in [5.41, 5.74) is 6.79. The topological polar surface area (TPSA) is 106 Å². The van der Waals surface area contributed by atoms with Gasteiger partial charge in [0, 0.05) is 38.8 Å². The molecular formula is C19H27ClN4O4. The van der Waals surface area contributed by atoms with Gasteiger partial charge in [-0.2, -0.15) is 0 Å². The number of halogens is 1. The van der Waals surface area contributed by atoms with Gasteiger partial charge in [-0.3, -0.25) is 4.79 Å². The van der Waals surface area contributed by atoms with Crippen LogP contribution in [0.3, 0.4) is 0 Å². The molecule has 3 amide bonds. The Hall–Kier alpha value is -2.03. The molecule has 2 aliphatic rings. The van der Waals surface area contributed by atoms with Crippen molar-refractivity contribution in [2.45, 2.75) is 25.3 Å². The molecule has 0 spiro atoms. The summed E-state index contributed by atoms with van der Waals surface area (Å²) in [6.07, 6.45) is 1.67. The molecule has 0 radical (unpaired) electrons. The number of amides is 3. The molecule has 0 aromatic heterocycles. The predicted octanol–water partition coefficient (Wildman–Crippen LogP) is 1.97. The van der Waals surface area contributed by atoms with Crippen molar-refractivity contribution < 1.29 is 19.1 Å². The first-order valence-corrected chi connectivity index (χ1v) is 9.97. The van der Waals surface area contributed by atoms with Crippen LogP contribution >= 0.6 is 11.6 Å². The number of hydrogen-bond donors (Lipinski definition) is 3. The zero-order valence-corrected chi connectivity index (χ0v) is 16.5. The average molecular weight is 411 g/mol. The fourth-order valence-corrected chi connectivity index (χ4v) is 4.02. The van der Waals surface area contributed by atoms with E-state index in [-0.39, 0.29) is 24.4 Å².